The van der Waals surface area contributed by atoms with Gasteiger partial charge in [0.2, 0.25) is 0 Å². The third-order valence-electron chi connectivity index (χ3n) is 2.30. The standard InChI is InChI=1S/C11H15NO2S/c1-11(2)14-10-7(8(13)6-12)4-3-5-9(10)15-11/h3-5,8,13H,6,12H2,1-2H3. The molecule has 4 heteroatoms. The minimum absolute atomic E-state index is 0.213. The Morgan fingerprint density at radius 3 is 2.93 bits per heavy atom. The number of aliphatic hydroxyl groups is 1. The molecule has 1 aliphatic heterocycles. The molecular formula is C11H15NO2S. The second kappa shape index (κ2) is 3.70. The number of hydrogen-bond acceptors (Lipinski definition) is 4. The molecular weight excluding hydrogens is 210 g/mol. The SMILES string of the molecule is CC1(C)Oc2c(cccc2C(O)CN)S1. The maximum Gasteiger partial charge on any atom is 0.153 e. The van der Waals surface area contributed by atoms with Crippen LogP contribution in [0.15, 0.2) is 23.1 Å². The number of thioether (sulfide) groups is 1. The normalized spacial score (nSPS) is 19.5. The molecule has 0 aliphatic carbocycles. The molecule has 0 spiro atoms. The van der Waals surface area contributed by atoms with E-state index < -0.39 is 6.10 Å². The van der Waals surface area contributed by atoms with E-state index >= 15 is 0 Å². The summed E-state index contributed by atoms with van der Waals surface area (Å²) in [7, 11) is 0. The number of benzene rings is 1. The molecule has 0 fully saturated rings. The molecule has 2 rings (SSSR count). The first kappa shape index (κ1) is 10.8. The van der Waals surface area contributed by atoms with Crippen LogP contribution in [0.3, 0.4) is 0 Å². The van der Waals surface area contributed by atoms with Gasteiger partial charge in [-0.25, -0.2) is 0 Å². The van der Waals surface area contributed by atoms with Crippen LogP contribution < -0.4 is 10.5 Å². The maximum absolute atomic E-state index is 9.75. The summed E-state index contributed by atoms with van der Waals surface area (Å²) in [6.45, 7) is 4.23. The highest BCUT2D eigenvalue weighted by Gasteiger charge is 2.33. The number of hydrogen-bond donors (Lipinski definition) is 2. The summed E-state index contributed by atoms with van der Waals surface area (Å²) < 4.78 is 5.80. The number of fused-ring (bicyclic) bond motifs is 1. The number of rotatable bonds is 2. The molecule has 1 atom stereocenters. The molecule has 1 heterocycles. The van der Waals surface area contributed by atoms with E-state index in [9.17, 15) is 5.11 Å². The van der Waals surface area contributed by atoms with Crippen molar-refractivity contribution in [2.45, 2.75) is 29.8 Å². The Hall–Kier alpha value is -0.710. The van der Waals surface area contributed by atoms with Gasteiger partial charge in [-0.15, -0.1) is 0 Å². The summed E-state index contributed by atoms with van der Waals surface area (Å²) in [5, 5.41) is 9.75. The van der Waals surface area contributed by atoms with Gasteiger partial charge in [0.15, 0.2) is 4.93 Å². The molecule has 3 nitrogen and oxygen atoms in total. The monoisotopic (exact) mass is 225 g/mol. The minimum Gasteiger partial charge on any atom is -0.475 e. The largest absolute Gasteiger partial charge is 0.475 e. The fourth-order valence-corrected chi connectivity index (χ4v) is 2.70. The van der Waals surface area contributed by atoms with Gasteiger partial charge in [-0.2, -0.15) is 0 Å². The summed E-state index contributed by atoms with van der Waals surface area (Å²) in [6, 6.07) is 5.78. The van der Waals surface area contributed by atoms with E-state index in [2.05, 4.69) is 0 Å². The van der Waals surface area contributed by atoms with Crippen LogP contribution in [0.4, 0.5) is 0 Å². The number of ether oxygens (including phenoxy) is 1. The van der Waals surface area contributed by atoms with Gasteiger partial charge < -0.3 is 15.6 Å². The zero-order chi connectivity index (χ0) is 11.1. The van der Waals surface area contributed by atoms with E-state index in [1.54, 1.807) is 11.8 Å². The first-order valence-electron chi connectivity index (χ1n) is 4.92. The van der Waals surface area contributed by atoms with E-state index in [-0.39, 0.29) is 11.5 Å². The predicted octanol–water partition coefficient (Wildman–Crippen LogP) is 1.90. The third-order valence-corrected chi connectivity index (χ3v) is 3.41. The van der Waals surface area contributed by atoms with Crippen LogP contribution in [-0.4, -0.2) is 16.6 Å². The van der Waals surface area contributed by atoms with Crippen molar-refractivity contribution in [2.75, 3.05) is 6.54 Å². The fraction of sp³-hybridized carbons (Fsp3) is 0.455. The van der Waals surface area contributed by atoms with Crippen LogP contribution >= 0.6 is 11.8 Å². The molecule has 1 unspecified atom stereocenters. The Bertz CT molecular complexity index is 379. The molecule has 0 saturated carbocycles. The van der Waals surface area contributed by atoms with Crippen molar-refractivity contribution < 1.29 is 9.84 Å². The zero-order valence-electron chi connectivity index (χ0n) is 8.86. The molecule has 15 heavy (non-hydrogen) atoms. The lowest BCUT2D eigenvalue weighted by molar-refractivity contribution is 0.167. The van der Waals surface area contributed by atoms with Gasteiger partial charge in [0.25, 0.3) is 0 Å². The van der Waals surface area contributed by atoms with Crippen molar-refractivity contribution in [1.82, 2.24) is 0 Å². The van der Waals surface area contributed by atoms with E-state index in [1.165, 1.54) is 0 Å². The molecule has 82 valence electrons. The first-order chi connectivity index (χ1) is 7.03. The highest BCUT2D eigenvalue weighted by atomic mass is 32.2. The summed E-state index contributed by atoms with van der Waals surface area (Å²) in [5.41, 5.74) is 6.24. The number of para-hydroxylation sites is 1. The topological polar surface area (TPSA) is 55.5 Å². The molecule has 0 bridgehead atoms. The summed E-state index contributed by atoms with van der Waals surface area (Å²) in [6.07, 6.45) is -0.644. The second-order valence-corrected chi connectivity index (χ2v) is 5.66. The van der Waals surface area contributed by atoms with E-state index in [4.69, 9.17) is 10.5 Å². The number of nitrogens with two attached hydrogens (primary N) is 1. The molecule has 0 amide bonds. The number of aliphatic hydroxyl groups excluding tert-OH is 1. The van der Waals surface area contributed by atoms with Gasteiger partial charge in [0.05, 0.1) is 11.0 Å². The van der Waals surface area contributed by atoms with Crippen molar-refractivity contribution >= 4 is 11.8 Å². The van der Waals surface area contributed by atoms with Gasteiger partial charge in [-0.3, -0.25) is 0 Å². The van der Waals surface area contributed by atoms with Gasteiger partial charge in [0.1, 0.15) is 5.75 Å². The van der Waals surface area contributed by atoms with Crippen molar-refractivity contribution in [3.05, 3.63) is 23.8 Å². The molecule has 0 radical (unpaired) electrons. The molecule has 1 aromatic carbocycles. The van der Waals surface area contributed by atoms with E-state index in [1.807, 2.05) is 32.0 Å². The first-order valence-corrected chi connectivity index (χ1v) is 5.74. The van der Waals surface area contributed by atoms with Crippen LogP contribution in [0.5, 0.6) is 5.75 Å². The Balaban J connectivity index is 2.41. The average molecular weight is 225 g/mol. The molecule has 0 saturated heterocycles. The molecule has 1 aromatic rings. The maximum atomic E-state index is 9.75. The van der Waals surface area contributed by atoms with Crippen LogP contribution in [0.1, 0.15) is 25.5 Å². The quantitative estimate of drug-likeness (QED) is 0.807. The van der Waals surface area contributed by atoms with Crippen molar-refractivity contribution in [3.63, 3.8) is 0 Å². The Morgan fingerprint density at radius 1 is 1.53 bits per heavy atom. The minimum atomic E-state index is -0.644. The molecule has 0 aromatic heterocycles. The summed E-state index contributed by atoms with van der Waals surface area (Å²) >= 11 is 1.66. The molecule has 3 N–H and O–H groups in total. The lowest BCUT2D eigenvalue weighted by Gasteiger charge is -2.18. The van der Waals surface area contributed by atoms with Crippen LogP contribution in [0, 0.1) is 0 Å². The van der Waals surface area contributed by atoms with Gasteiger partial charge in [-0.05, 0) is 19.9 Å². The zero-order valence-corrected chi connectivity index (χ0v) is 9.67. The lowest BCUT2D eigenvalue weighted by Crippen LogP contribution is -2.19. The average Bonchev–Trinajstić information content (AvgIpc) is 2.49. The summed E-state index contributed by atoms with van der Waals surface area (Å²) in [5.74, 6) is 0.783. The van der Waals surface area contributed by atoms with Crippen molar-refractivity contribution in [2.24, 2.45) is 5.73 Å². The predicted molar refractivity (Wildman–Crippen MR) is 61.0 cm³/mol. The van der Waals surface area contributed by atoms with Crippen LogP contribution in [-0.2, 0) is 0 Å². The fourth-order valence-electron chi connectivity index (χ4n) is 1.64. The van der Waals surface area contributed by atoms with E-state index in [0.29, 0.717) is 0 Å². The highest BCUT2D eigenvalue weighted by molar-refractivity contribution is 8.00. The van der Waals surface area contributed by atoms with E-state index in [0.717, 1.165) is 16.2 Å². The third kappa shape index (κ3) is 1.97. The van der Waals surface area contributed by atoms with Crippen LogP contribution in [0.25, 0.3) is 0 Å². The smallest absolute Gasteiger partial charge is 0.153 e. The van der Waals surface area contributed by atoms with Gasteiger partial charge in [0, 0.05) is 12.1 Å². The lowest BCUT2D eigenvalue weighted by atomic mass is 10.1. The summed E-state index contributed by atoms with van der Waals surface area (Å²) in [4.78, 5) is 0.817. The van der Waals surface area contributed by atoms with Crippen LogP contribution in [0.2, 0.25) is 0 Å². The Kier molecular flexibility index (Phi) is 2.66. The van der Waals surface area contributed by atoms with Crippen molar-refractivity contribution in [3.8, 4) is 5.75 Å². The Morgan fingerprint density at radius 2 is 2.27 bits per heavy atom. The Labute approximate surface area is 93.6 Å². The van der Waals surface area contributed by atoms with Crippen molar-refractivity contribution in [1.29, 1.82) is 0 Å². The molecule has 1 aliphatic rings. The van der Waals surface area contributed by atoms with Gasteiger partial charge in [-0.1, -0.05) is 23.9 Å². The van der Waals surface area contributed by atoms with Gasteiger partial charge >= 0.3 is 0 Å². The highest BCUT2D eigenvalue weighted by Crippen LogP contribution is 2.49. The second-order valence-electron chi connectivity index (χ2n) is 4.03.